The summed E-state index contributed by atoms with van der Waals surface area (Å²) in [5.41, 5.74) is 0.293. The number of carbonyl (C=O) groups is 1. The van der Waals surface area contributed by atoms with Gasteiger partial charge in [0.25, 0.3) is 0 Å². The topological polar surface area (TPSA) is 52.6 Å². The molecule has 2 rings (SSSR count). The number of nitrogens with one attached hydrogen (secondary N) is 1. The van der Waals surface area contributed by atoms with E-state index in [4.69, 9.17) is 0 Å². The second-order valence-electron chi connectivity index (χ2n) is 5.74. The van der Waals surface area contributed by atoms with E-state index in [9.17, 15) is 9.90 Å². The molecule has 1 aliphatic heterocycles. The highest BCUT2D eigenvalue weighted by atomic mass is 79.9. The van der Waals surface area contributed by atoms with Crippen LogP contribution >= 0.6 is 15.9 Å². The van der Waals surface area contributed by atoms with Crippen molar-refractivity contribution in [2.75, 3.05) is 13.1 Å². The number of hydrogen-bond donors (Lipinski definition) is 2. The van der Waals surface area contributed by atoms with Gasteiger partial charge in [-0.25, -0.2) is 4.79 Å². The molecule has 1 saturated heterocycles. The molecule has 1 aromatic carbocycles. The maximum absolute atomic E-state index is 12.2. The lowest BCUT2D eigenvalue weighted by atomic mass is 9.95. The van der Waals surface area contributed by atoms with E-state index in [1.807, 2.05) is 31.2 Å². The first kappa shape index (κ1) is 15.3. The largest absolute Gasteiger partial charge is 0.388 e. The van der Waals surface area contributed by atoms with Crippen LogP contribution in [0.2, 0.25) is 0 Å². The highest BCUT2D eigenvalue weighted by Gasteiger charge is 2.31. The molecule has 0 bridgehead atoms. The Morgan fingerprint density at radius 3 is 2.70 bits per heavy atom. The second kappa shape index (κ2) is 6.14. The van der Waals surface area contributed by atoms with Crippen molar-refractivity contribution in [3.8, 4) is 0 Å². The Morgan fingerprint density at radius 2 is 2.10 bits per heavy atom. The molecule has 2 unspecified atom stereocenters. The molecule has 0 spiro atoms. The molecular weight excluding hydrogens is 320 g/mol. The van der Waals surface area contributed by atoms with E-state index in [2.05, 4.69) is 21.2 Å². The van der Waals surface area contributed by atoms with E-state index in [1.54, 1.807) is 11.8 Å². The van der Waals surface area contributed by atoms with Crippen molar-refractivity contribution in [3.05, 3.63) is 34.3 Å². The first-order chi connectivity index (χ1) is 9.37. The molecule has 2 amide bonds. The molecule has 0 aromatic heterocycles. The molecule has 0 aliphatic carbocycles. The van der Waals surface area contributed by atoms with Gasteiger partial charge in [-0.15, -0.1) is 0 Å². The lowest BCUT2D eigenvalue weighted by molar-refractivity contribution is -0.00279. The van der Waals surface area contributed by atoms with Gasteiger partial charge in [0, 0.05) is 11.0 Å². The molecule has 5 heteroatoms. The minimum Gasteiger partial charge on any atom is -0.388 e. The van der Waals surface area contributed by atoms with Crippen molar-refractivity contribution < 1.29 is 9.90 Å². The third-order valence-electron chi connectivity index (χ3n) is 3.67. The Labute approximate surface area is 128 Å². The average molecular weight is 341 g/mol. The van der Waals surface area contributed by atoms with Gasteiger partial charge < -0.3 is 15.3 Å². The summed E-state index contributed by atoms with van der Waals surface area (Å²) in [5, 5.41) is 13.0. The van der Waals surface area contributed by atoms with E-state index in [-0.39, 0.29) is 12.1 Å². The van der Waals surface area contributed by atoms with Crippen molar-refractivity contribution in [1.29, 1.82) is 0 Å². The molecule has 2 N–H and O–H groups in total. The summed E-state index contributed by atoms with van der Waals surface area (Å²) in [6.45, 7) is 4.84. The number of urea groups is 1. The number of hydrogen-bond acceptors (Lipinski definition) is 2. The maximum Gasteiger partial charge on any atom is 0.317 e. The summed E-state index contributed by atoms with van der Waals surface area (Å²) in [6.07, 6.45) is 1.59. The lowest BCUT2D eigenvalue weighted by Gasteiger charge is -2.37. The standard InChI is InChI=1S/C15H21BrN2O2/c1-11(12-4-6-13(16)7-5-12)17-14(19)18-9-3-8-15(2,20)10-18/h4-7,11,20H,3,8-10H2,1-2H3,(H,17,19). The summed E-state index contributed by atoms with van der Waals surface area (Å²) in [5.74, 6) is 0. The fraction of sp³-hybridized carbons (Fsp3) is 0.533. The second-order valence-corrected chi connectivity index (χ2v) is 6.66. The highest BCUT2D eigenvalue weighted by Crippen LogP contribution is 2.21. The maximum atomic E-state index is 12.2. The molecule has 0 radical (unpaired) electrons. The van der Waals surface area contributed by atoms with Crippen LogP contribution in [0.3, 0.4) is 0 Å². The molecule has 1 aromatic rings. The van der Waals surface area contributed by atoms with Crippen molar-refractivity contribution in [3.63, 3.8) is 0 Å². The van der Waals surface area contributed by atoms with Crippen LogP contribution in [0.25, 0.3) is 0 Å². The predicted octanol–water partition coefficient (Wildman–Crippen LogP) is 3.07. The number of piperidine rings is 1. The summed E-state index contributed by atoms with van der Waals surface area (Å²) >= 11 is 3.40. The number of nitrogens with zero attached hydrogens (tertiary/aromatic N) is 1. The minimum absolute atomic E-state index is 0.0533. The Balaban J connectivity index is 1.95. The molecule has 1 fully saturated rings. The van der Waals surface area contributed by atoms with Gasteiger partial charge in [0.05, 0.1) is 18.2 Å². The van der Waals surface area contributed by atoms with E-state index < -0.39 is 5.60 Å². The summed E-state index contributed by atoms with van der Waals surface area (Å²) < 4.78 is 1.02. The fourth-order valence-corrected chi connectivity index (χ4v) is 2.77. The van der Waals surface area contributed by atoms with Gasteiger partial charge in [-0.3, -0.25) is 0 Å². The fourth-order valence-electron chi connectivity index (χ4n) is 2.50. The zero-order valence-corrected chi connectivity index (χ0v) is 13.5. The van der Waals surface area contributed by atoms with Crippen LogP contribution in [0.1, 0.15) is 38.3 Å². The molecule has 110 valence electrons. The van der Waals surface area contributed by atoms with Gasteiger partial charge in [-0.05, 0) is 44.4 Å². The van der Waals surface area contributed by atoms with Crippen molar-refractivity contribution >= 4 is 22.0 Å². The number of aliphatic hydroxyl groups is 1. The third-order valence-corrected chi connectivity index (χ3v) is 4.20. The SMILES string of the molecule is CC(NC(=O)N1CCCC(C)(O)C1)c1ccc(Br)cc1. The van der Waals surface area contributed by atoms with Crippen LogP contribution in [0.4, 0.5) is 4.79 Å². The Hall–Kier alpha value is -1.07. The van der Waals surface area contributed by atoms with Crippen LogP contribution in [0, 0.1) is 0 Å². The molecule has 1 aliphatic rings. The number of rotatable bonds is 2. The van der Waals surface area contributed by atoms with Gasteiger partial charge in [0.2, 0.25) is 0 Å². The van der Waals surface area contributed by atoms with Gasteiger partial charge in [-0.2, -0.15) is 0 Å². The third kappa shape index (κ3) is 3.96. The monoisotopic (exact) mass is 340 g/mol. The zero-order valence-electron chi connectivity index (χ0n) is 11.9. The van der Waals surface area contributed by atoms with Crippen molar-refractivity contribution in [2.24, 2.45) is 0 Å². The first-order valence-electron chi connectivity index (χ1n) is 6.91. The van der Waals surface area contributed by atoms with Crippen LogP contribution in [-0.2, 0) is 0 Å². The van der Waals surface area contributed by atoms with Gasteiger partial charge in [0.15, 0.2) is 0 Å². The van der Waals surface area contributed by atoms with E-state index in [0.717, 1.165) is 22.9 Å². The van der Waals surface area contributed by atoms with Crippen molar-refractivity contribution in [1.82, 2.24) is 10.2 Å². The first-order valence-corrected chi connectivity index (χ1v) is 7.70. The lowest BCUT2D eigenvalue weighted by Crippen LogP contribution is -2.52. The number of likely N-dealkylation sites (tertiary alicyclic amines) is 1. The zero-order chi connectivity index (χ0) is 14.8. The average Bonchev–Trinajstić information content (AvgIpc) is 2.38. The molecule has 2 atom stereocenters. The van der Waals surface area contributed by atoms with E-state index >= 15 is 0 Å². The highest BCUT2D eigenvalue weighted by molar-refractivity contribution is 9.10. The Bertz CT molecular complexity index is 473. The van der Waals surface area contributed by atoms with Gasteiger partial charge in [0.1, 0.15) is 0 Å². The van der Waals surface area contributed by atoms with Crippen LogP contribution < -0.4 is 5.32 Å². The van der Waals surface area contributed by atoms with Crippen LogP contribution in [-0.4, -0.2) is 34.7 Å². The summed E-state index contributed by atoms with van der Waals surface area (Å²) in [6, 6.07) is 7.73. The van der Waals surface area contributed by atoms with Crippen LogP contribution in [0.5, 0.6) is 0 Å². The Kier molecular flexibility index (Phi) is 4.70. The van der Waals surface area contributed by atoms with Gasteiger partial charge in [-0.1, -0.05) is 28.1 Å². The number of halogens is 1. The smallest absolute Gasteiger partial charge is 0.317 e. The summed E-state index contributed by atoms with van der Waals surface area (Å²) in [7, 11) is 0. The van der Waals surface area contributed by atoms with E-state index in [0.29, 0.717) is 13.1 Å². The summed E-state index contributed by atoms with van der Waals surface area (Å²) in [4.78, 5) is 13.9. The molecule has 20 heavy (non-hydrogen) atoms. The number of benzene rings is 1. The van der Waals surface area contributed by atoms with Crippen LogP contribution in [0.15, 0.2) is 28.7 Å². The number of carbonyl (C=O) groups excluding carboxylic acids is 1. The molecule has 0 saturated carbocycles. The molecule has 1 heterocycles. The minimum atomic E-state index is -0.767. The molecule has 4 nitrogen and oxygen atoms in total. The number of amides is 2. The van der Waals surface area contributed by atoms with E-state index in [1.165, 1.54) is 0 Å². The predicted molar refractivity (Wildman–Crippen MR) is 82.5 cm³/mol. The quantitative estimate of drug-likeness (QED) is 0.869. The molecular formula is C15H21BrN2O2. The van der Waals surface area contributed by atoms with Crippen molar-refractivity contribution in [2.45, 2.75) is 38.3 Å². The van der Waals surface area contributed by atoms with Gasteiger partial charge >= 0.3 is 6.03 Å². The normalized spacial score (nSPS) is 24.3. The Morgan fingerprint density at radius 1 is 1.45 bits per heavy atom. The number of β-amino-alcohol motifs (C(OH)–C–C–N with tert-alkyl or cyclic N) is 1.